The Bertz CT molecular complexity index is 637. The average molecular weight is 257 g/mol. The summed E-state index contributed by atoms with van der Waals surface area (Å²) in [5.41, 5.74) is 7.50. The van der Waals surface area contributed by atoms with Gasteiger partial charge in [-0.25, -0.2) is 4.39 Å². The number of ketones is 1. The van der Waals surface area contributed by atoms with E-state index in [0.29, 0.717) is 17.0 Å². The Morgan fingerprint density at radius 2 is 1.89 bits per heavy atom. The van der Waals surface area contributed by atoms with Crippen LogP contribution in [0.4, 0.5) is 10.1 Å². The maximum atomic E-state index is 12.9. The second-order valence-electron chi connectivity index (χ2n) is 4.54. The fourth-order valence-electron chi connectivity index (χ4n) is 2.20. The summed E-state index contributed by atoms with van der Waals surface area (Å²) in [5.74, 6) is 0.210. The summed E-state index contributed by atoms with van der Waals surface area (Å²) in [6.07, 6.45) is -0.133. The van der Waals surface area contributed by atoms with E-state index in [1.807, 2.05) is 0 Å². The maximum Gasteiger partial charge on any atom is 0.170 e. The van der Waals surface area contributed by atoms with Gasteiger partial charge in [-0.1, -0.05) is 12.1 Å². The second kappa shape index (κ2) is 4.39. The third kappa shape index (κ3) is 2.17. The van der Waals surface area contributed by atoms with Gasteiger partial charge in [0.15, 0.2) is 5.78 Å². The number of carbonyl (C=O) groups is 1. The van der Waals surface area contributed by atoms with Gasteiger partial charge >= 0.3 is 0 Å². The van der Waals surface area contributed by atoms with Gasteiger partial charge in [-0.05, 0) is 35.9 Å². The van der Waals surface area contributed by atoms with Gasteiger partial charge in [0.05, 0.1) is 12.0 Å². The Labute approximate surface area is 109 Å². The van der Waals surface area contributed by atoms with Gasteiger partial charge in [-0.3, -0.25) is 4.79 Å². The van der Waals surface area contributed by atoms with Crippen molar-refractivity contribution in [2.75, 3.05) is 5.73 Å². The number of nitrogen functional groups attached to an aromatic ring is 1. The first-order valence-electron chi connectivity index (χ1n) is 5.98. The number of ether oxygens (including phenoxy) is 1. The molecule has 4 heteroatoms. The largest absolute Gasteiger partial charge is 0.484 e. The van der Waals surface area contributed by atoms with Crippen LogP contribution in [0.25, 0.3) is 0 Å². The highest BCUT2D eigenvalue weighted by Crippen LogP contribution is 2.35. The predicted molar refractivity (Wildman–Crippen MR) is 69.6 cm³/mol. The van der Waals surface area contributed by atoms with Crippen molar-refractivity contribution < 1.29 is 13.9 Å². The lowest BCUT2D eigenvalue weighted by atomic mass is 9.96. The van der Waals surface area contributed by atoms with Gasteiger partial charge in [-0.15, -0.1) is 0 Å². The van der Waals surface area contributed by atoms with Crippen LogP contribution < -0.4 is 10.5 Å². The van der Waals surface area contributed by atoms with E-state index in [0.717, 1.165) is 5.56 Å². The zero-order chi connectivity index (χ0) is 13.4. The highest BCUT2D eigenvalue weighted by atomic mass is 19.1. The van der Waals surface area contributed by atoms with Gasteiger partial charge in [-0.2, -0.15) is 0 Å². The summed E-state index contributed by atoms with van der Waals surface area (Å²) < 4.78 is 18.7. The molecule has 2 aromatic rings. The van der Waals surface area contributed by atoms with E-state index >= 15 is 0 Å². The minimum atomic E-state index is -0.371. The minimum absolute atomic E-state index is 0.0112. The molecule has 1 aliphatic heterocycles. The monoisotopic (exact) mass is 257 g/mol. The third-order valence-corrected chi connectivity index (χ3v) is 3.19. The minimum Gasteiger partial charge on any atom is -0.484 e. The normalized spacial score (nSPS) is 17.7. The number of nitrogens with two attached hydrogens (primary N) is 1. The Balaban J connectivity index is 1.95. The molecule has 0 spiro atoms. The summed E-state index contributed by atoms with van der Waals surface area (Å²) in [5, 5.41) is 0. The molecule has 3 rings (SSSR count). The molecule has 0 saturated heterocycles. The van der Waals surface area contributed by atoms with Crippen molar-refractivity contribution in [3.63, 3.8) is 0 Å². The number of rotatable bonds is 1. The molecule has 0 bridgehead atoms. The van der Waals surface area contributed by atoms with Gasteiger partial charge in [0, 0.05) is 5.69 Å². The highest BCUT2D eigenvalue weighted by Gasteiger charge is 2.27. The molecule has 0 aromatic heterocycles. The molecule has 1 atom stereocenters. The van der Waals surface area contributed by atoms with Crippen LogP contribution in [0, 0.1) is 5.82 Å². The van der Waals surface area contributed by atoms with E-state index in [1.165, 1.54) is 12.1 Å². The molecule has 0 aliphatic carbocycles. The van der Waals surface area contributed by atoms with Crippen molar-refractivity contribution >= 4 is 11.5 Å². The number of Topliss-reactive ketones (excluding diaryl/α,β-unsaturated/α-hetero) is 1. The Morgan fingerprint density at radius 3 is 2.63 bits per heavy atom. The Morgan fingerprint density at radius 1 is 1.16 bits per heavy atom. The standard InChI is InChI=1S/C15H12FNO2/c16-10-3-1-9(2-4-10)15-8-13(18)12-7-11(17)5-6-14(12)19-15/h1-7,15H,8,17H2. The fraction of sp³-hybridized carbons (Fsp3) is 0.133. The van der Waals surface area contributed by atoms with E-state index in [1.54, 1.807) is 30.3 Å². The van der Waals surface area contributed by atoms with Crippen LogP contribution in [0.15, 0.2) is 42.5 Å². The SMILES string of the molecule is Nc1ccc2c(c1)C(=O)CC(c1ccc(F)cc1)O2. The topological polar surface area (TPSA) is 52.3 Å². The molecule has 1 aliphatic rings. The van der Waals surface area contributed by atoms with Gasteiger partial charge in [0.25, 0.3) is 0 Å². The molecule has 0 amide bonds. The average Bonchev–Trinajstić information content (AvgIpc) is 2.40. The summed E-state index contributed by atoms with van der Waals surface area (Å²) in [4.78, 5) is 12.1. The van der Waals surface area contributed by atoms with E-state index < -0.39 is 0 Å². The van der Waals surface area contributed by atoms with Crippen molar-refractivity contribution in [2.24, 2.45) is 0 Å². The zero-order valence-electron chi connectivity index (χ0n) is 10.1. The summed E-state index contributed by atoms with van der Waals surface area (Å²) >= 11 is 0. The molecule has 0 radical (unpaired) electrons. The quantitative estimate of drug-likeness (QED) is 0.798. The molecule has 1 heterocycles. The lowest BCUT2D eigenvalue weighted by Crippen LogP contribution is -2.20. The summed E-state index contributed by atoms with van der Waals surface area (Å²) in [7, 11) is 0. The number of hydrogen-bond donors (Lipinski definition) is 1. The van der Waals surface area contributed by atoms with Gasteiger partial charge < -0.3 is 10.5 Å². The molecule has 3 nitrogen and oxygen atoms in total. The molecule has 96 valence electrons. The lowest BCUT2D eigenvalue weighted by Gasteiger charge is -2.25. The molecule has 19 heavy (non-hydrogen) atoms. The van der Waals surface area contributed by atoms with Crippen molar-refractivity contribution in [1.29, 1.82) is 0 Å². The van der Waals surface area contributed by atoms with E-state index in [4.69, 9.17) is 10.5 Å². The number of benzene rings is 2. The van der Waals surface area contributed by atoms with E-state index in [9.17, 15) is 9.18 Å². The van der Waals surface area contributed by atoms with Crippen molar-refractivity contribution in [2.45, 2.75) is 12.5 Å². The van der Waals surface area contributed by atoms with Crippen LogP contribution in [0.2, 0.25) is 0 Å². The number of hydrogen-bond acceptors (Lipinski definition) is 3. The van der Waals surface area contributed by atoms with Crippen LogP contribution in [0.3, 0.4) is 0 Å². The van der Waals surface area contributed by atoms with Crippen LogP contribution >= 0.6 is 0 Å². The van der Waals surface area contributed by atoms with E-state index in [2.05, 4.69) is 0 Å². The van der Waals surface area contributed by atoms with Crippen molar-refractivity contribution in [3.05, 3.63) is 59.4 Å². The molecule has 0 saturated carbocycles. The molecular formula is C15H12FNO2. The Hall–Kier alpha value is -2.36. The highest BCUT2D eigenvalue weighted by molar-refractivity contribution is 6.00. The maximum absolute atomic E-state index is 12.9. The number of halogens is 1. The van der Waals surface area contributed by atoms with Crippen LogP contribution in [0.5, 0.6) is 5.75 Å². The first-order valence-corrected chi connectivity index (χ1v) is 5.98. The fourth-order valence-corrected chi connectivity index (χ4v) is 2.20. The first-order chi connectivity index (χ1) is 9.13. The van der Waals surface area contributed by atoms with Crippen LogP contribution in [-0.2, 0) is 0 Å². The molecule has 2 N–H and O–H groups in total. The number of fused-ring (bicyclic) bond motifs is 1. The zero-order valence-corrected chi connectivity index (χ0v) is 10.1. The van der Waals surface area contributed by atoms with Crippen molar-refractivity contribution in [3.8, 4) is 5.75 Å². The first kappa shape index (κ1) is 11.7. The third-order valence-electron chi connectivity index (χ3n) is 3.19. The molecule has 1 unspecified atom stereocenters. The molecular weight excluding hydrogens is 245 g/mol. The second-order valence-corrected chi connectivity index (χ2v) is 4.54. The van der Waals surface area contributed by atoms with Crippen LogP contribution in [0.1, 0.15) is 28.4 Å². The molecule has 2 aromatic carbocycles. The van der Waals surface area contributed by atoms with Gasteiger partial charge in [0.2, 0.25) is 0 Å². The number of carbonyl (C=O) groups excluding carboxylic acids is 1. The predicted octanol–water partition coefficient (Wildman–Crippen LogP) is 3.11. The Kier molecular flexibility index (Phi) is 2.71. The van der Waals surface area contributed by atoms with Gasteiger partial charge in [0.1, 0.15) is 17.7 Å². The van der Waals surface area contributed by atoms with Crippen LogP contribution in [-0.4, -0.2) is 5.78 Å². The van der Waals surface area contributed by atoms with E-state index in [-0.39, 0.29) is 24.1 Å². The molecule has 0 fully saturated rings. The lowest BCUT2D eigenvalue weighted by molar-refractivity contribution is 0.0850. The summed E-state index contributed by atoms with van der Waals surface area (Å²) in [6.45, 7) is 0. The number of anilines is 1. The summed E-state index contributed by atoms with van der Waals surface area (Å²) in [6, 6.07) is 11.0. The smallest absolute Gasteiger partial charge is 0.170 e. The van der Waals surface area contributed by atoms with Crippen molar-refractivity contribution in [1.82, 2.24) is 0 Å².